The molecule has 0 atom stereocenters. The van der Waals surface area contributed by atoms with Gasteiger partial charge in [-0.25, -0.2) is 0 Å². The van der Waals surface area contributed by atoms with Gasteiger partial charge in [-0.2, -0.15) is 0 Å². The zero-order valence-electron chi connectivity index (χ0n) is 9.20. The Morgan fingerprint density at radius 2 is 2.07 bits per heavy atom. The topological polar surface area (TPSA) is 45.7 Å². The maximum Gasteiger partial charge on any atom is 0.275 e. The predicted octanol–water partition coefficient (Wildman–Crippen LogP) is -0.0714. The van der Waals surface area contributed by atoms with Crippen molar-refractivity contribution in [1.29, 1.82) is 0 Å². The van der Waals surface area contributed by atoms with Crippen LogP contribution in [-0.2, 0) is 11.2 Å². The quantitative estimate of drug-likeness (QED) is 0.630. The molecular formula is C12H19N2O+. The molecule has 1 amide bonds. The Kier molecular flexibility index (Phi) is 5.48. The number of likely N-dealkylation sites (N-methyl/N-ethyl adjacent to an activating group) is 1. The molecule has 0 saturated carbocycles. The van der Waals surface area contributed by atoms with Gasteiger partial charge < -0.3 is 10.6 Å². The number of nitrogens with two attached hydrogens (primary N) is 1. The molecule has 0 heterocycles. The number of carbonyl (C=O) groups is 1. The van der Waals surface area contributed by atoms with Crippen molar-refractivity contribution >= 4 is 5.91 Å². The first kappa shape index (κ1) is 11.7. The molecule has 3 N–H and O–H groups in total. The van der Waals surface area contributed by atoms with Crippen LogP contribution in [0.1, 0.15) is 12.0 Å². The van der Waals surface area contributed by atoms with E-state index in [1.165, 1.54) is 5.56 Å². The first-order valence-electron chi connectivity index (χ1n) is 5.41. The largest absolute Gasteiger partial charge is 0.351 e. The van der Waals surface area contributed by atoms with E-state index in [2.05, 4.69) is 17.4 Å². The molecule has 82 valence electrons. The summed E-state index contributed by atoms with van der Waals surface area (Å²) in [5.74, 6) is 0.116. The molecule has 0 radical (unpaired) electrons. The lowest BCUT2D eigenvalue weighted by Gasteiger charge is -2.03. The van der Waals surface area contributed by atoms with Gasteiger partial charge in [-0.3, -0.25) is 4.79 Å². The molecule has 1 rings (SSSR count). The fourth-order valence-corrected chi connectivity index (χ4v) is 1.42. The van der Waals surface area contributed by atoms with Crippen LogP contribution in [0, 0.1) is 0 Å². The number of benzene rings is 1. The monoisotopic (exact) mass is 207 g/mol. The van der Waals surface area contributed by atoms with E-state index in [-0.39, 0.29) is 5.91 Å². The summed E-state index contributed by atoms with van der Waals surface area (Å²) in [5, 5.41) is 4.75. The van der Waals surface area contributed by atoms with Gasteiger partial charge in [0.1, 0.15) is 0 Å². The Morgan fingerprint density at radius 1 is 1.33 bits per heavy atom. The summed E-state index contributed by atoms with van der Waals surface area (Å²) in [5.41, 5.74) is 1.33. The molecule has 0 aromatic heterocycles. The standard InChI is InChI=1S/C12H18N2O/c1-13-10-12(15)14-9-5-8-11-6-3-2-4-7-11/h2-4,6-7,13H,5,8-10H2,1H3,(H,14,15)/p+1. The maximum atomic E-state index is 11.1. The van der Waals surface area contributed by atoms with Gasteiger partial charge >= 0.3 is 0 Å². The normalized spacial score (nSPS) is 9.93. The van der Waals surface area contributed by atoms with Crippen LogP contribution >= 0.6 is 0 Å². The zero-order valence-corrected chi connectivity index (χ0v) is 9.20. The van der Waals surface area contributed by atoms with Crippen LogP contribution in [0.4, 0.5) is 0 Å². The third-order valence-corrected chi connectivity index (χ3v) is 2.20. The van der Waals surface area contributed by atoms with Crippen molar-refractivity contribution in [3.8, 4) is 0 Å². The Balaban J connectivity index is 2.10. The minimum Gasteiger partial charge on any atom is -0.351 e. The van der Waals surface area contributed by atoms with E-state index in [0.29, 0.717) is 6.54 Å². The van der Waals surface area contributed by atoms with Gasteiger partial charge in [0.15, 0.2) is 6.54 Å². The molecule has 0 bridgehead atoms. The number of carbonyl (C=O) groups excluding carboxylic acids is 1. The molecule has 15 heavy (non-hydrogen) atoms. The summed E-state index contributed by atoms with van der Waals surface area (Å²) in [4.78, 5) is 11.1. The van der Waals surface area contributed by atoms with Gasteiger partial charge in [-0.05, 0) is 18.4 Å². The van der Waals surface area contributed by atoms with Crippen molar-refractivity contribution in [3.63, 3.8) is 0 Å². The number of aryl methyl sites for hydroxylation is 1. The van der Waals surface area contributed by atoms with Crippen molar-refractivity contribution in [1.82, 2.24) is 5.32 Å². The summed E-state index contributed by atoms with van der Waals surface area (Å²) >= 11 is 0. The first-order chi connectivity index (χ1) is 7.33. The van der Waals surface area contributed by atoms with E-state index in [0.717, 1.165) is 19.4 Å². The van der Waals surface area contributed by atoms with Crippen molar-refractivity contribution in [2.24, 2.45) is 0 Å². The highest BCUT2D eigenvalue weighted by Crippen LogP contribution is 2.01. The van der Waals surface area contributed by atoms with Crippen LogP contribution in [0.25, 0.3) is 0 Å². The first-order valence-corrected chi connectivity index (χ1v) is 5.41. The average Bonchev–Trinajstić information content (AvgIpc) is 2.26. The lowest BCUT2D eigenvalue weighted by atomic mass is 10.1. The predicted molar refractivity (Wildman–Crippen MR) is 60.5 cm³/mol. The van der Waals surface area contributed by atoms with Gasteiger partial charge in [0.2, 0.25) is 0 Å². The smallest absolute Gasteiger partial charge is 0.275 e. The SMILES string of the molecule is C[NH2+]CC(=O)NCCCc1ccccc1. The van der Waals surface area contributed by atoms with Gasteiger partial charge in [-0.15, -0.1) is 0 Å². The fraction of sp³-hybridized carbons (Fsp3) is 0.417. The summed E-state index contributed by atoms with van der Waals surface area (Å²) < 4.78 is 0. The van der Waals surface area contributed by atoms with E-state index in [1.807, 2.05) is 30.6 Å². The zero-order chi connectivity index (χ0) is 10.9. The second kappa shape index (κ2) is 7.01. The highest BCUT2D eigenvalue weighted by atomic mass is 16.1. The molecule has 0 aliphatic heterocycles. The fourth-order valence-electron chi connectivity index (χ4n) is 1.42. The van der Waals surface area contributed by atoms with Crippen molar-refractivity contribution in [2.45, 2.75) is 12.8 Å². The third kappa shape index (κ3) is 5.18. The lowest BCUT2D eigenvalue weighted by Crippen LogP contribution is -2.82. The molecule has 0 spiro atoms. The highest BCUT2D eigenvalue weighted by Gasteiger charge is 1.99. The number of nitrogens with one attached hydrogen (secondary N) is 1. The van der Waals surface area contributed by atoms with E-state index >= 15 is 0 Å². The third-order valence-electron chi connectivity index (χ3n) is 2.20. The molecule has 1 aromatic rings. The Hall–Kier alpha value is -1.35. The van der Waals surface area contributed by atoms with E-state index in [1.54, 1.807) is 0 Å². The van der Waals surface area contributed by atoms with E-state index in [9.17, 15) is 4.79 Å². The van der Waals surface area contributed by atoms with Crippen molar-refractivity contribution in [2.75, 3.05) is 20.1 Å². The molecule has 0 unspecified atom stereocenters. The molecular weight excluding hydrogens is 188 g/mol. The van der Waals surface area contributed by atoms with Crippen molar-refractivity contribution in [3.05, 3.63) is 35.9 Å². The lowest BCUT2D eigenvalue weighted by molar-refractivity contribution is -0.615. The number of hydrogen-bond acceptors (Lipinski definition) is 1. The van der Waals surface area contributed by atoms with Crippen LogP contribution in [-0.4, -0.2) is 26.0 Å². The van der Waals surface area contributed by atoms with Crippen LogP contribution in [0.2, 0.25) is 0 Å². The minimum absolute atomic E-state index is 0.116. The van der Waals surface area contributed by atoms with Crippen LogP contribution in [0.3, 0.4) is 0 Å². The van der Waals surface area contributed by atoms with Crippen LogP contribution in [0.15, 0.2) is 30.3 Å². The van der Waals surface area contributed by atoms with Crippen molar-refractivity contribution < 1.29 is 10.1 Å². The van der Waals surface area contributed by atoms with Gasteiger partial charge in [0, 0.05) is 6.54 Å². The Morgan fingerprint density at radius 3 is 2.73 bits per heavy atom. The molecule has 0 fully saturated rings. The Bertz CT molecular complexity index is 285. The van der Waals surface area contributed by atoms with Gasteiger partial charge in [0.05, 0.1) is 7.05 Å². The second-order valence-corrected chi connectivity index (χ2v) is 3.55. The highest BCUT2D eigenvalue weighted by molar-refractivity contribution is 5.76. The molecule has 0 aliphatic carbocycles. The van der Waals surface area contributed by atoms with Gasteiger partial charge in [-0.1, -0.05) is 30.3 Å². The number of quaternary nitrogens is 1. The molecule has 0 aliphatic rings. The average molecular weight is 207 g/mol. The maximum absolute atomic E-state index is 11.1. The van der Waals surface area contributed by atoms with Gasteiger partial charge in [0.25, 0.3) is 5.91 Å². The molecule has 3 nitrogen and oxygen atoms in total. The number of amides is 1. The minimum atomic E-state index is 0.116. The Labute approximate surface area is 90.9 Å². The molecule has 0 saturated heterocycles. The number of hydrogen-bond donors (Lipinski definition) is 2. The molecule has 1 aromatic carbocycles. The number of rotatable bonds is 6. The molecule has 3 heteroatoms. The van der Waals surface area contributed by atoms with Crippen LogP contribution < -0.4 is 10.6 Å². The summed E-state index contributed by atoms with van der Waals surface area (Å²) in [7, 11) is 1.89. The summed E-state index contributed by atoms with van der Waals surface area (Å²) in [6.07, 6.45) is 2.02. The van der Waals surface area contributed by atoms with E-state index in [4.69, 9.17) is 0 Å². The van der Waals surface area contributed by atoms with E-state index < -0.39 is 0 Å². The summed E-state index contributed by atoms with van der Waals surface area (Å²) in [6.45, 7) is 1.28. The summed E-state index contributed by atoms with van der Waals surface area (Å²) in [6, 6.07) is 10.3. The second-order valence-electron chi connectivity index (χ2n) is 3.55. The van der Waals surface area contributed by atoms with Crippen LogP contribution in [0.5, 0.6) is 0 Å².